The van der Waals surface area contributed by atoms with E-state index in [9.17, 15) is 9.50 Å². The number of piperazine rings is 1. The van der Waals surface area contributed by atoms with Crippen molar-refractivity contribution in [2.24, 2.45) is 0 Å². The zero-order valence-corrected chi connectivity index (χ0v) is 20.8. The SMILES string of the molecule is C[C@@H]1CN(c2ccc(OCCO)cc2)[C@H](c2ccc(Cl)cc2)CN1C[C@@](C)(O)c1ccc(F)cc1. The van der Waals surface area contributed by atoms with Crippen molar-refractivity contribution in [3.8, 4) is 5.75 Å². The average Bonchev–Trinajstić information content (AvgIpc) is 2.85. The Kier molecular flexibility index (Phi) is 7.97. The highest BCUT2D eigenvalue weighted by atomic mass is 35.5. The first-order chi connectivity index (χ1) is 16.8. The number of ether oxygens (including phenoxy) is 1. The lowest BCUT2D eigenvalue weighted by atomic mass is 9.92. The Morgan fingerprint density at radius 3 is 2.29 bits per heavy atom. The summed E-state index contributed by atoms with van der Waals surface area (Å²) >= 11 is 6.17. The quantitative estimate of drug-likeness (QED) is 0.457. The largest absolute Gasteiger partial charge is 0.491 e. The molecular formula is C28H32ClFN2O3. The number of hydrogen-bond acceptors (Lipinski definition) is 5. The van der Waals surface area contributed by atoms with Crippen LogP contribution in [0.1, 0.15) is 31.0 Å². The van der Waals surface area contributed by atoms with E-state index in [-0.39, 0.29) is 31.1 Å². The van der Waals surface area contributed by atoms with Crippen molar-refractivity contribution >= 4 is 17.3 Å². The van der Waals surface area contributed by atoms with E-state index in [0.717, 1.165) is 17.8 Å². The van der Waals surface area contributed by atoms with E-state index in [1.165, 1.54) is 12.1 Å². The average molecular weight is 499 g/mol. The van der Waals surface area contributed by atoms with Crippen molar-refractivity contribution < 1.29 is 19.3 Å². The number of aliphatic hydroxyl groups excluding tert-OH is 1. The van der Waals surface area contributed by atoms with Gasteiger partial charge in [0.2, 0.25) is 0 Å². The monoisotopic (exact) mass is 498 g/mol. The third-order valence-corrected chi connectivity index (χ3v) is 6.88. The summed E-state index contributed by atoms with van der Waals surface area (Å²) in [5.41, 5.74) is 1.77. The van der Waals surface area contributed by atoms with Gasteiger partial charge in [-0.05, 0) is 73.5 Å². The zero-order valence-electron chi connectivity index (χ0n) is 20.1. The lowest BCUT2D eigenvalue weighted by Gasteiger charge is -2.48. The molecule has 35 heavy (non-hydrogen) atoms. The molecule has 7 heteroatoms. The van der Waals surface area contributed by atoms with Gasteiger partial charge in [0.05, 0.1) is 18.2 Å². The molecule has 0 radical (unpaired) electrons. The van der Waals surface area contributed by atoms with Gasteiger partial charge in [-0.2, -0.15) is 0 Å². The maximum absolute atomic E-state index is 13.4. The molecule has 5 nitrogen and oxygen atoms in total. The molecule has 2 N–H and O–H groups in total. The normalized spacial score (nSPS) is 20.5. The van der Waals surface area contributed by atoms with Crippen LogP contribution in [0.15, 0.2) is 72.8 Å². The first-order valence-electron chi connectivity index (χ1n) is 11.8. The Labute approximate surface area is 211 Å². The summed E-state index contributed by atoms with van der Waals surface area (Å²) < 4.78 is 18.9. The van der Waals surface area contributed by atoms with Gasteiger partial charge in [0, 0.05) is 36.4 Å². The van der Waals surface area contributed by atoms with Gasteiger partial charge in [-0.1, -0.05) is 35.9 Å². The summed E-state index contributed by atoms with van der Waals surface area (Å²) in [7, 11) is 0. The Balaban J connectivity index is 1.59. The molecule has 0 aromatic heterocycles. The molecule has 0 saturated carbocycles. The van der Waals surface area contributed by atoms with E-state index < -0.39 is 5.60 Å². The number of rotatable bonds is 8. The van der Waals surface area contributed by atoms with Crippen LogP contribution in [-0.2, 0) is 5.60 Å². The summed E-state index contributed by atoms with van der Waals surface area (Å²) in [6.07, 6.45) is 0. The van der Waals surface area contributed by atoms with Crippen LogP contribution < -0.4 is 9.64 Å². The van der Waals surface area contributed by atoms with E-state index >= 15 is 0 Å². The van der Waals surface area contributed by atoms with E-state index in [1.54, 1.807) is 19.1 Å². The minimum atomic E-state index is -1.12. The molecule has 0 spiro atoms. The fourth-order valence-corrected chi connectivity index (χ4v) is 4.82. The number of aliphatic hydroxyl groups is 2. The second-order valence-electron chi connectivity index (χ2n) is 9.34. The Bertz CT molecular complexity index is 1090. The first-order valence-corrected chi connectivity index (χ1v) is 12.2. The Morgan fingerprint density at radius 2 is 1.66 bits per heavy atom. The van der Waals surface area contributed by atoms with Crippen LogP contribution in [-0.4, -0.2) is 54.0 Å². The van der Waals surface area contributed by atoms with Crippen molar-refractivity contribution in [3.05, 3.63) is 94.8 Å². The molecule has 1 fully saturated rings. The standard InChI is InChI=1S/C28H32ClFN2O3/c1-20-17-32(25-11-13-26(14-12-25)35-16-15-33)27(21-3-7-23(29)8-4-21)18-31(20)19-28(2,34)22-5-9-24(30)10-6-22/h3-14,20,27,33-34H,15-19H2,1-2H3/t20-,27+,28-/m1/s1. The highest BCUT2D eigenvalue weighted by molar-refractivity contribution is 6.30. The van der Waals surface area contributed by atoms with Gasteiger partial charge in [-0.3, -0.25) is 4.90 Å². The summed E-state index contributed by atoms with van der Waals surface area (Å²) in [4.78, 5) is 4.66. The first kappa shape index (κ1) is 25.5. The molecule has 3 aromatic carbocycles. The highest BCUT2D eigenvalue weighted by Crippen LogP contribution is 2.35. The van der Waals surface area contributed by atoms with Crippen LogP contribution in [0.5, 0.6) is 5.75 Å². The van der Waals surface area contributed by atoms with Crippen LogP contribution in [0, 0.1) is 5.82 Å². The topological polar surface area (TPSA) is 56.2 Å². The number of benzene rings is 3. The van der Waals surface area contributed by atoms with E-state index in [4.69, 9.17) is 21.4 Å². The maximum Gasteiger partial charge on any atom is 0.123 e. The minimum absolute atomic E-state index is 0.0262. The second-order valence-corrected chi connectivity index (χ2v) is 9.78. The Hall–Kier alpha value is -2.64. The zero-order chi connectivity index (χ0) is 25.0. The van der Waals surface area contributed by atoms with Crippen molar-refractivity contribution in [1.29, 1.82) is 0 Å². The summed E-state index contributed by atoms with van der Waals surface area (Å²) in [6.45, 7) is 6.04. The summed E-state index contributed by atoms with van der Waals surface area (Å²) in [5.74, 6) is 0.398. The Morgan fingerprint density at radius 1 is 1.00 bits per heavy atom. The van der Waals surface area contributed by atoms with Gasteiger partial charge >= 0.3 is 0 Å². The van der Waals surface area contributed by atoms with Crippen molar-refractivity contribution in [2.45, 2.75) is 31.5 Å². The molecule has 3 atom stereocenters. The van der Waals surface area contributed by atoms with Crippen LogP contribution in [0.3, 0.4) is 0 Å². The minimum Gasteiger partial charge on any atom is -0.491 e. The van der Waals surface area contributed by atoms with Gasteiger partial charge in [-0.25, -0.2) is 4.39 Å². The summed E-state index contributed by atoms with van der Waals surface area (Å²) in [6, 6.07) is 22.1. The molecule has 1 aliphatic heterocycles. The van der Waals surface area contributed by atoms with Crippen LogP contribution in [0.25, 0.3) is 0 Å². The third-order valence-electron chi connectivity index (χ3n) is 6.63. The molecule has 1 saturated heterocycles. The van der Waals surface area contributed by atoms with Crippen molar-refractivity contribution in [2.75, 3.05) is 37.7 Å². The van der Waals surface area contributed by atoms with Crippen LogP contribution in [0.2, 0.25) is 5.02 Å². The molecule has 186 valence electrons. The molecule has 3 aromatic rings. The van der Waals surface area contributed by atoms with Gasteiger partial charge in [0.1, 0.15) is 18.2 Å². The predicted molar refractivity (Wildman–Crippen MR) is 138 cm³/mol. The third kappa shape index (κ3) is 6.14. The number of halogens is 2. The van der Waals surface area contributed by atoms with Gasteiger partial charge in [0.15, 0.2) is 0 Å². The van der Waals surface area contributed by atoms with E-state index in [0.29, 0.717) is 29.4 Å². The van der Waals surface area contributed by atoms with E-state index in [1.807, 2.05) is 48.5 Å². The molecular weight excluding hydrogens is 467 g/mol. The number of hydrogen-bond donors (Lipinski definition) is 2. The van der Waals surface area contributed by atoms with Crippen LogP contribution >= 0.6 is 11.6 Å². The van der Waals surface area contributed by atoms with Crippen molar-refractivity contribution in [1.82, 2.24) is 4.90 Å². The van der Waals surface area contributed by atoms with Crippen molar-refractivity contribution in [3.63, 3.8) is 0 Å². The molecule has 1 heterocycles. The molecule has 0 bridgehead atoms. The van der Waals surface area contributed by atoms with Gasteiger partial charge in [0.25, 0.3) is 0 Å². The van der Waals surface area contributed by atoms with Crippen LogP contribution in [0.4, 0.5) is 10.1 Å². The lowest BCUT2D eigenvalue weighted by molar-refractivity contribution is -0.00372. The molecule has 0 amide bonds. The molecule has 1 aliphatic rings. The predicted octanol–water partition coefficient (Wildman–Crippen LogP) is 5.01. The lowest BCUT2D eigenvalue weighted by Crippen LogP contribution is -2.56. The fraction of sp³-hybridized carbons (Fsp3) is 0.357. The second kappa shape index (κ2) is 11.0. The highest BCUT2D eigenvalue weighted by Gasteiger charge is 2.36. The van der Waals surface area contributed by atoms with Gasteiger partial charge < -0.3 is 19.8 Å². The molecule has 0 unspecified atom stereocenters. The number of anilines is 1. The molecule has 4 rings (SSSR count). The van der Waals surface area contributed by atoms with Gasteiger partial charge in [-0.15, -0.1) is 0 Å². The molecule has 0 aliphatic carbocycles. The maximum atomic E-state index is 13.4. The number of β-amino-alcohol motifs (C(OH)–C–C–N with tert-alkyl or cyclic N) is 1. The van der Waals surface area contributed by atoms with E-state index in [2.05, 4.69) is 16.7 Å². The smallest absolute Gasteiger partial charge is 0.123 e. The fourth-order valence-electron chi connectivity index (χ4n) is 4.70. The number of nitrogens with zero attached hydrogens (tertiary/aromatic N) is 2. The summed E-state index contributed by atoms with van der Waals surface area (Å²) in [5, 5.41) is 21.0.